The predicted molar refractivity (Wildman–Crippen MR) is 48.5 cm³/mol. The van der Waals surface area contributed by atoms with Gasteiger partial charge in [0.05, 0.1) is 19.5 Å². The number of rotatable bonds is 7. The minimum atomic E-state index is -1.23. The Labute approximate surface area is 77.5 Å². The van der Waals surface area contributed by atoms with Crippen molar-refractivity contribution in [3.8, 4) is 0 Å². The molecule has 0 amide bonds. The Hall–Kier alpha value is -1.45. The van der Waals surface area contributed by atoms with Gasteiger partial charge in [0.25, 0.3) is 0 Å². The Morgan fingerprint density at radius 3 is 2.46 bits per heavy atom. The van der Waals surface area contributed by atoms with Gasteiger partial charge in [-0.2, -0.15) is 0 Å². The molecule has 0 saturated heterocycles. The van der Waals surface area contributed by atoms with Gasteiger partial charge in [-0.05, 0) is 12.8 Å². The Balaban J connectivity index is 3.12. The van der Waals surface area contributed by atoms with Gasteiger partial charge in [-0.3, -0.25) is 0 Å². The van der Waals surface area contributed by atoms with Crippen molar-refractivity contribution in [3.63, 3.8) is 0 Å². The molecule has 0 aromatic carbocycles. The van der Waals surface area contributed by atoms with Crippen molar-refractivity contribution in [2.75, 3.05) is 13.2 Å². The first kappa shape index (κ1) is 11.6. The Morgan fingerprint density at radius 2 is 1.92 bits per heavy atom. The lowest BCUT2D eigenvalue weighted by molar-refractivity contribution is 0.0932. The van der Waals surface area contributed by atoms with Gasteiger partial charge in [0.1, 0.15) is 0 Å². The quantitative estimate of drug-likeness (QED) is 0.286. The van der Waals surface area contributed by atoms with Crippen molar-refractivity contribution in [3.05, 3.63) is 25.0 Å². The van der Waals surface area contributed by atoms with Gasteiger partial charge in [-0.15, -0.1) is 0 Å². The number of hydrogen-bond donors (Lipinski definition) is 1. The molecule has 4 heteroatoms. The smallest absolute Gasteiger partial charge is 0.501 e. The second kappa shape index (κ2) is 8.64. The lowest BCUT2D eigenvalue weighted by Gasteiger charge is -1.96. The molecule has 0 bridgehead atoms. The highest BCUT2D eigenvalue weighted by Crippen LogP contribution is 1.90. The van der Waals surface area contributed by atoms with Crippen LogP contribution in [0, 0.1) is 0 Å². The first-order chi connectivity index (χ1) is 6.27. The van der Waals surface area contributed by atoms with E-state index in [0.29, 0.717) is 13.0 Å². The minimum Gasteiger partial charge on any atom is -0.501 e. The fourth-order valence-electron chi connectivity index (χ4n) is 0.669. The van der Waals surface area contributed by atoms with E-state index in [1.165, 1.54) is 6.26 Å². The standard InChI is InChI=1S/C9H14O4/c1-2-12-7-5-3-4-6-8-13-9(10)11/h2-4H,1,5-8H2,(H,10,11). The van der Waals surface area contributed by atoms with Crippen LogP contribution in [0.15, 0.2) is 25.0 Å². The number of hydrogen-bond acceptors (Lipinski definition) is 3. The molecular formula is C9H14O4. The van der Waals surface area contributed by atoms with E-state index in [2.05, 4.69) is 11.3 Å². The first-order valence-electron chi connectivity index (χ1n) is 4.00. The van der Waals surface area contributed by atoms with Gasteiger partial charge in [-0.1, -0.05) is 18.7 Å². The van der Waals surface area contributed by atoms with Crippen molar-refractivity contribution >= 4 is 6.16 Å². The van der Waals surface area contributed by atoms with Crippen molar-refractivity contribution < 1.29 is 19.4 Å². The lowest BCUT2D eigenvalue weighted by Crippen LogP contribution is -2.00. The second-order valence-electron chi connectivity index (χ2n) is 2.20. The van der Waals surface area contributed by atoms with Crippen LogP contribution in [0.25, 0.3) is 0 Å². The molecule has 13 heavy (non-hydrogen) atoms. The third-order valence-corrected chi connectivity index (χ3v) is 1.20. The number of carbonyl (C=O) groups is 1. The van der Waals surface area contributed by atoms with E-state index >= 15 is 0 Å². The predicted octanol–water partition coefficient (Wildman–Crippen LogP) is 2.18. The maximum Gasteiger partial charge on any atom is 0.505 e. The molecule has 1 N–H and O–H groups in total. The Kier molecular flexibility index (Phi) is 7.68. The van der Waals surface area contributed by atoms with Gasteiger partial charge in [0, 0.05) is 0 Å². The zero-order chi connectivity index (χ0) is 9.94. The first-order valence-corrected chi connectivity index (χ1v) is 4.00. The summed E-state index contributed by atoms with van der Waals surface area (Å²) in [5.74, 6) is 0. The average Bonchev–Trinajstić information content (AvgIpc) is 2.09. The maximum atomic E-state index is 9.90. The van der Waals surface area contributed by atoms with E-state index in [0.717, 1.165) is 6.42 Å². The van der Waals surface area contributed by atoms with Crippen LogP contribution in [0.2, 0.25) is 0 Å². The van der Waals surface area contributed by atoms with Gasteiger partial charge in [-0.25, -0.2) is 4.79 Å². The van der Waals surface area contributed by atoms with Crippen LogP contribution < -0.4 is 0 Å². The van der Waals surface area contributed by atoms with Crippen molar-refractivity contribution in [2.24, 2.45) is 0 Å². The summed E-state index contributed by atoms with van der Waals surface area (Å²) in [4.78, 5) is 9.90. The topological polar surface area (TPSA) is 55.8 Å². The Morgan fingerprint density at radius 1 is 1.31 bits per heavy atom. The second-order valence-corrected chi connectivity index (χ2v) is 2.20. The van der Waals surface area contributed by atoms with E-state index in [1.807, 2.05) is 12.2 Å². The summed E-state index contributed by atoms with van der Waals surface area (Å²) in [5.41, 5.74) is 0. The molecule has 0 saturated carbocycles. The van der Waals surface area contributed by atoms with E-state index in [9.17, 15) is 4.79 Å². The van der Waals surface area contributed by atoms with Crippen LogP contribution in [0.5, 0.6) is 0 Å². The lowest BCUT2D eigenvalue weighted by atomic mass is 10.3. The average molecular weight is 186 g/mol. The molecule has 0 aliphatic carbocycles. The zero-order valence-corrected chi connectivity index (χ0v) is 7.44. The Bertz CT molecular complexity index is 174. The highest BCUT2D eigenvalue weighted by molar-refractivity contribution is 5.56. The molecule has 0 atom stereocenters. The summed E-state index contributed by atoms with van der Waals surface area (Å²) in [5, 5.41) is 8.11. The summed E-state index contributed by atoms with van der Waals surface area (Å²) < 4.78 is 9.15. The van der Waals surface area contributed by atoms with Crippen molar-refractivity contribution in [1.82, 2.24) is 0 Å². The minimum absolute atomic E-state index is 0.203. The fourth-order valence-corrected chi connectivity index (χ4v) is 0.669. The van der Waals surface area contributed by atoms with Crippen molar-refractivity contribution in [1.29, 1.82) is 0 Å². The molecule has 0 radical (unpaired) electrons. The highest BCUT2D eigenvalue weighted by atomic mass is 16.7. The molecule has 0 spiro atoms. The third kappa shape index (κ3) is 10.6. The largest absolute Gasteiger partial charge is 0.505 e. The monoisotopic (exact) mass is 186 g/mol. The van der Waals surface area contributed by atoms with Gasteiger partial charge in [0.15, 0.2) is 0 Å². The number of ether oxygens (including phenoxy) is 2. The van der Waals surface area contributed by atoms with Crippen LogP contribution in [0.1, 0.15) is 12.8 Å². The molecule has 0 aromatic rings. The molecule has 0 unspecified atom stereocenters. The number of carboxylic acid groups (broad SMARTS) is 1. The van der Waals surface area contributed by atoms with Crippen LogP contribution in [-0.2, 0) is 9.47 Å². The van der Waals surface area contributed by atoms with E-state index in [-0.39, 0.29) is 6.61 Å². The molecule has 0 heterocycles. The van der Waals surface area contributed by atoms with E-state index in [1.54, 1.807) is 0 Å². The molecule has 0 fully saturated rings. The molecular weight excluding hydrogens is 172 g/mol. The molecule has 0 aromatic heterocycles. The summed E-state index contributed by atoms with van der Waals surface area (Å²) in [6, 6.07) is 0. The SMILES string of the molecule is C=COCCC=CCCOC(=O)O. The fraction of sp³-hybridized carbons (Fsp3) is 0.444. The van der Waals surface area contributed by atoms with Gasteiger partial charge in [0.2, 0.25) is 0 Å². The normalized spacial score (nSPS) is 9.85. The third-order valence-electron chi connectivity index (χ3n) is 1.20. The van der Waals surface area contributed by atoms with Gasteiger partial charge < -0.3 is 14.6 Å². The summed E-state index contributed by atoms with van der Waals surface area (Å²) in [6.45, 7) is 4.20. The van der Waals surface area contributed by atoms with Crippen LogP contribution in [0.4, 0.5) is 4.79 Å². The van der Waals surface area contributed by atoms with Gasteiger partial charge >= 0.3 is 6.16 Å². The molecule has 74 valence electrons. The molecule has 4 nitrogen and oxygen atoms in total. The summed E-state index contributed by atoms with van der Waals surface area (Å²) in [6.07, 6.45) is 5.31. The van der Waals surface area contributed by atoms with Crippen LogP contribution in [-0.4, -0.2) is 24.5 Å². The van der Waals surface area contributed by atoms with Crippen LogP contribution >= 0.6 is 0 Å². The van der Waals surface area contributed by atoms with E-state index in [4.69, 9.17) is 9.84 Å². The van der Waals surface area contributed by atoms with Crippen molar-refractivity contribution in [2.45, 2.75) is 12.8 Å². The summed E-state index contributed by atoms with van der Waals surface area (Å²) >= 11 is 0. The van der Waals surface area contributed by atoms with Crippen LogP contribution in [0.3, 0.4) is 0 Å². The highest BCUT2D eigenvalue weighted by Gasteiger charge is 1.91. The van der Waals surface area contributed by atoms with E-state index < -0.39 is 6.16 Å². The molecule has 0 aliphatic rings. The molecule has 0 aliphatic heterocycles. The maximum absolute atomic E-state index is 9.90. The zero-order valence-electron chi connectivity index (χ0n) is 7.44. The molecule has 0 rings (SSSR count). The summed E-state index contributed by atoms with van der Waals surface area (Å²) in [7, 11) is 0.